The van der Waals surface area contributed by atoms with Crippen molar-refractivity contribution in [3.63, 3.8) is 0 Å². The highest BCUT2D eigenvalue weighted by Gasteiger charge is 2.23. The maximum absolute atomic E-state index is 12.3. The molecule has 3 amide bonds. The summed E-state index contributed by atoms with van der Waals surface area (Å²) >= 11 is 0. The molecule has 1 aliphatic heterocycles. The Morgan fingerprint density at radius 2 is 1.68 bits per heavy atom. The van der Waals surface area contributed by atoms with Gasteiger partial charge in [-0.15, -0.1) is 0 Å². The van der Waals surface area contributed by atoms with Crippen molar-refractivity contribution in [2.45, 2.75) is 13.8 Å². The predicted molar refractivity (Wildman–Crippen MR) is 98.0 cm³/mol. The van der Waals surface area contributed by atoms with E-state index < -0.39 is 0 Å². The summed E-state index contributed by atoms with van der Waals surface area (Å²) in [5.41, 5.74) is 0.741. The number of rotatable bonds is 6. The lowest BCUT2D eigenvalue weighted by molar-refractivity contribution is -0.132. The standard InChI is InChI=1S/C18H28N4O3/c1-4-21(5-2)17(23)14-20-10-12-22(13-11-20)18(24)19-15-6-8-16(25-3)9-7-15/h6-9H,4-5,10-14H2,1-3H3,(H,19,24). The van der Waals surface area contributed by atoms with E-state index in [9.17, 15) is 9.59 Å². The number of nitrogens with zero attached hydrogens (tertiary/aromatic N) is 3. The molecule has 25 heavy (non-hydrogen) atoms. The third-order valence-electron chi connectivity index (χ3n) is 4.48. The van der Waals surface area contributed by atoms with E-state index in [4.69, 9.17) is 4.74 Å². The van der Waals surface area contributed by atoms with Crippen molar-refractivity contribution in [1.29, 1.82) is 0 Å². The maximum atomic E-state index is 12.3. The summed E-state index contributed by atoms with van der Waals surface area (Å²) in [5.74, 6) is 0.908. The van der Waals surface area contributed by atoms with Crippen LogP contribution in [0.25, 0.3) is 0 Å². The van der Waals surface area contributed by atoms with Gasteiger partial charge in [-0.3, -0.25) is 9.69 Å². The van der Waals surface area contributed by atoms with Crippen LogP contribution in [0, 0.1) is 0 Å². The molecule has 2 rings (SSSR count). The van der Waals surface area contributed by atoms with Gasteiger partial charge in [0.2, 0.25) is 5.91 Å². The Bertz CT molecular complexity index is 564. The Balaban J connectivity index is 1.78. The number of methoxy groups -OCH3 is 1. The van der Waals surface area contributed by atoms with E-state index in [1.165, 1.54) is 0 Å². The van der Waals surface area contributed by atoms with E-state index in [2.05, 4.69) is 10.2 Å². The zero-order valence-electron chi connectivity index (χ0n) is 15.3. The van der Waals surface area contributed by atoms with Crippen LogP contribution in [0.2, 0.25) is 0 Å². The maximum Gasteiger partial charge on any atom is 0.321 e. The normalized spacial score (nSPS) is 14.9. The smallest absolute Gasteiger partial charge is 0.321 e. The number of ether oxygens (including phenoxy) is 1. The highest BCUT2D eigenvalue weighted by atomic mass is 16.5. The van der Waals surface area contributed by atoms with Crippen molar-refractivity contribution in [3.05, 3.63) is 24.3 Å². The number of anilines is 1. The van der Waals surface area contributed by atoms with Crippen LogP contribution in [0.3, 0.4) is 0 Å². The number of hydrogen-bond donors (Lipinski definition) is 1. The molecule has 0 aromatic heterocycles. The molecule has 1 N–H and O–H groups in total. The van der Waals surface area contributed by atoms with Gasteiger partial charge in [0, 0.05) is 45.0 Å². The predicted octanol–water partition coefficient (Wildman–Crippen LogP) is 1.71. The van der Waals surface area contributed by atoms with Gasteiger partial charge in [0.25, 0.3) is 0 Å². The summed E-state index contributed by atoms with van der Waals surface area (Å²) in [7, 11) is 1.61. The second-order valence-corrected chi connectivity index (χ2v) is 5.99. The van der Waals surface area contributed by atoms with Gasteiger partial charge in [-0.25, -0.2) is 4.79 Å². The highest BCUT2D eigenvalue weighted by Crippen LogP contribution is 2.15. The van der Waals surface area contributed by atoms with Crippen molar-refractivity contribution >= 4 is 17.6 Å². The van der Waals surface area contributed by atoms with Crippen LogP contribution >= 0.6 is 0 Å². The first-order valence-electron chi connectivity index (χ1n) is 8.77. The largest absolute Gasteiger partial charge is 0.497 e. The Labute approximate surface area is 149 Å². The summed E-state index contributed by atoms with van der Waals surface area (Å²) < 4.78 is 5.11. The Hall–Kier alpha value is -2.28. The molecule has 1 aromatic carbocycles. The third-order valence-corrected chi connectivity index (χ3v) is 4.48. The highest BCUT2D eigenvalue weighted by molar-refractivity contribution is 5.89. The van der Waals surface area contributed by atoms with Gasteiger partial charge in [-0.2, -0.15) is 0 Å². The van der Waals surface area contributed by atoms with Crippen molar-refractivity contribution in [1.82, 2.24) is 14.7 Å². The number of carbonyl (C=O) groups excluding carboxylic acids is 2. The van der Waals surface area contributed by atoms with Crippen LogP contribution in [0.4, 0.5) is 10.5 Å². The first kappa shape index (κ1) is 19.1. The number of hydrogen-bond acceptors (Lipinski definition) is 4. The molecule has 0 unspecified atom stereocenters. The fourth-order valence-electron chi connectivity index (χ4n) is 2.85. The topological polar surface area (TPSA) is 65.1 Å². The van der Waals surface area contributed by atoms with E-state index in [0.29, 0.717) is 32.7 Å². The first-order valence-corrected chi connectivity index (χ1v) is 8.77. The fourth-order valence-corrected chi connectivity index (χ4v) is 2.85. The van der Waals surface area contributed by atoms with Gasteiger partial charge in [0.1, 0.15) is 5.75 Å². The van der Waals surface area contributed by atoms with E-state index in [1.54, 1.807) is 12.0 Å². The van der Waals surface area contributed by atoms with Crippen LogP contribution in [-0.4, -0.2) is 79.6 Å². The SMILES string of the molecule is CCN(CC)C(=O)CN1CCN(C(=O)Nc2ccc(OC)cc2)CC1. The van der Waals surface area contributed by atoms with Gasteiger partial charge >= 0.3 is 6.03 Å². The van der Waals surface area contributed by atoms with E-state index in [0.717, 1.165) is 24.5 Å². The van der Waals surface area contributed by atoms with Crippen LogP contribution in [-0.2, 0) is 4.79 Å². The molecule has 7 nitrogen and oxygen atoms in total. The Kier molecular flexibility index (Phi) is 7.06. The number of urea groups is 1. The number of piperazine rings is 1. The minimum Gasteiger partial charge on any atom is -0.497 e. The molecule has 0 saturated carbocycles. The number of likely N-dealkylation sites (N-methyl/N-ethyl adjacent to an activating group) is 1. The molecule has 7 heteroatoms. The van der Waals surface area contributed by atoms with Gasteiger partial charge in [-0.1, -0.05) is 0 Å². The second kappa shape index (κ2) is 9.27. The average molecular weight is 348 g/mol. The van der Waals surface area contributed by atoms with E-state index >= 15 is 0 Å². The Morgan fingerprint density at radius 3 is 2.20 bits per heavy atom. The van der Waals surface area contributed by atoms with Crippen molar-refractivity contribution in [3.8, 4) is 5.75 Å². The molecular formula is C18H28N4O3. The lowest BCUT2D eigenvalue weighted by Gasteiger charge is -2.35. The first-order chi connectivity index (χ1) is 12.1. The molecule has 1 heterocycles. The number of benzene rings is 1. The molecule has 0 bridgehead atoms. The van der Waals surface area contributed by atoms with Crippen molar-refractivity contribution in [2.24, 2.45) is 0 Å². The molecule has 0 radical (unpaired) electrons. The Morgan fingerprint density at radius 1 is 1.08 bits per heavy atom. The molecule has 0 spiro atoms. The van der Waals surface area contributed by atoms with Gasteiger partial charge < -0.3 is 19.9 Å². The molecule has 1 aliphatic rings. The summed E-state index contributed by atoms with van der Waals surface area (Å²) in [6, 6.07) is 7.14. The zero-order valence-corrected chi connectivity index (χ0v) is 15.3. The monoisotopic (exact) mass is 348 g/mol. The van der Waals surface area contributed by atoms with Gasteiger partial charge in [-0.05, 0) is 38.1 Å². The summed E-state index contributed by atoms with van der Waals surface area (Å²) in [5, 5.41) is 2.89. The van der Waals surface area contributed by atoms with E-state index in [1.807, 2.05) is 43.0 Å². The third kappa shape index (κ3) is 5.35. The van der Waals surface area contributed by atoms with Crippen LogP contribution in [0.15, 0.2) is 24.3 Å². The zero-order chi connectivity index (χ0) is 18.2. The van der Waals surface area contributed by atoms with Crippen LogP contribution in [0.1, 0.15) is 13.8 Å². The minimum atomic E-state index is -0.111. The molecule has 138 valence electrons. The quantitative estimate of drug-likeness (QED) is 0.850. The number of carbonyl (C=O) groups is 2. The summed E-state index contributed by atoms with van der Waals surface area (Å²) in [6.07, 6.45) is 0. The number of amides is 3. The molecule has 1 fully saturated rings. The van der Waals surface area contributed by atoms with Gasteiger partial charge in [0.15, 0.2) is 0 Å². The lowest BCUT2D eigenvalue weighted by atomic mass is 10.3. The second-order valence-electron chi connectivity index (χ2n) is 5.99. The minimum absolute atomic E-state index is 0.111. The van der Waals surface area contributed by atoms with Gasteiger partial charge in [0.05, 0.1) is 13.7 Å². The number of nitrogens with one attached hydrogen (secondary N) is 1. The molecule has 0 atom stereocenters. The lowest BCUT2D eigenvalue weighted by Crippen LogP contribution is -2.52. The van der Waals surface area contributed by atoms with E-state index in [-0.39, 0.29) is 11.9 Å². The molecular weight excluding hydrogens is 320 g/mol. The molecule has 0 aliphatic carbocycles. The van der Waals surface area contributed by atoms with Crippen LogP contribution < -0.4 is 10.1 Å². The molecule has 1 aromatic rings. The average Bonchev–Trinajstić information content (AvgIpc) is 2.64. The summed E-state index contributed by atoms with van der Waals surface area (Å²) in [6.45, 7) is 8.54. The fraction of sp³-hybridized carbons (Fsp3) is 0.556. The van der Waals surface area contributed by atoms with Crippen molar-refractivity contribution in [2.75, 3.05) is 58.2 Å². The van der Waals surface area contributed by atoms with Crippen LogP contribution in [0.5, 0.6) is 5.75 Å². The van der Waals surface area contributed by atoms with Crippen molar-refractivity contribution < 1.29 is 14.3 Å². The summed E-state index contributed by atoms with van der Waals surface area (Å²) in [4.78, 5) is 30.2. The molecule has 1 saturated heterocycles.